The van der Waals surface area contributed by atoms with Gasteiger partial charge in [0.25, 0.3) is 0 Å². The Balaban J connectivity index is 2.60. The van der Waals surface area contributed by atoms with Gasteiger partial charge in [-0.2, -0.15) is 0 Å². The summed E-state index contributed by atoms with van der Waals surface area (Å²) < 4.78 is 5.21. The van der Waals surface area contributed by atoms with Crippen LogP contribution >= 0.6 is 12.2 Å². The zero-order valence-electron chi connectivity index (χ0n) is 12.8. The van der Waals surface area contributed by atoms with Crippen molar-refractivity contribution in [2.75, 3.05) is 32.1 Å². The zero-order valence-corrected chi connectivity index (χ0v) is 13.6. The number of nitrogens with two attached hydrogens (primary N) is 1. The predicted molar refractivity (Wildman–Crippen MR) is 89.7 cm³/mol. The monoisotopic (exact) mass is 309 g/mol. The summed E-state index contributed by atoms with van der Waals surface area (Å²) in [5.74, 6) is 0.640. The van der Waals surface area contributed by atoms with Crippen molar-refractivity contribution in [2.24, 2.45) is 11.7 Å². The van der Waals surface area contributed by atoms with Crippen LogP contribution in [0, 0.1) is 5.92 Å². The topological polar surface area (TPSA) is 67.6 Å². The molecule has 0 aliphatic heterocycles. The van der Waals surface area contributed by atoms with Crippen LogP contribution in [0.2, 0.25) is 0 Å². The summed E-state index contributed by atoms with van der Waals surface area (Å²) in [4.78, 5) is 14.6. The summed E-state index contributed by atoms with van der Waals surface area (Å²) in [6.45, 7) is 5.69. The summed E-state index contributed by atoms with van der Waals surface area (Å²) >= 11 is 4.97. The maximum Gasteiger partial charge on any atom is 0.238 e. The molecule has 0 aromatic heterocycles. The lowest BCUT2D eigenvalue weighted by Gasteiger charge is -2.23. The first-order valence-electron chi connectivity index (χ1n) is 6.92. The number of hydrogen-bond donors (Lipinski definition) is 2. The molecule has 1 amide bonds. The van der Waals surface area contributed by atoms with Crippen molar-refractivity contribution in [3.05, 3.63) is 24.3 Å². The van der Waals surface area contributed by atoms with Crippen molar-refractivity contribution in [3.8, 4) is 5.75 Å². The minimum Gasteiger partial charge on any atom is -0.495 e. The number of nitrogens with one attached hydrogen (secondary N) is 1. The molecule has 6 heteroatoms. The van der Waals surface area contributed by atoms with Crippen LogP contribution < -0.4 is 15.8 Å². The molecule has 0 fully saturated rings. The molecular weight excluding hydrogens is 286 g/mol. The van der Waals surface area contributed by atoms with E-state index in [9.17, 15) is 4.79 Å². The molecule has 1 atom stereocenters. The highest BCUT2D eigenvalue weighted by Gasteiger charge is 2.15. The van der Waals surface area contributed by atoms with E-state index in [4.69, 9.17) is 22.7 Å². The quantitative estimate of drug-likeness (QED) is 0.718. The van der Waals surface area contributed by atoms with Gasteiger partial charge in [-0.05, 0) is 18.7 Å². The lowest BCUT2D eigenvalue weighted by Crippen LogP contribution is -2.38. The minimum atomic E-state index is -0.0866. The van der Waals surface area contributed by atoms with Gasteiger partial charge in [0.1, 0.15) is 5.75 Å². The maximum absolute atomic E-state index is 12.1. The first-order valence-corrected chi connectivity index (χ1v) is 7.33. The molecule has 1 unspecified atom stereocenters. The van der Waals surface area contributed by atoms with E-state index in [0.29, 0.717) is 29.5 Å². The molecule has 0 saturated carbocycles. The number of likely N-dealkylation sites (N-methyl/N-ethyl adjacent to an activating group) is 1. The SMILES string of the molecule is CCN(CC(=O)Nc1ccccc1OC)CC(C)C(N)=S. The smallest absolute Gasteiger partial charge is 0.238 e. The molecule has 1 aromatic carbocycles. The Morgan fingerprint density at radius 2 is 2.14 bits per heavy atom. The number of thiocarbonyl (C=S) groups is 1. The van der Waals surface area contributed by atoms with Crippen molar-refractivity contribution in [2.45, 2.75) is 13.8 Å². The van der Waals surface area contributed by atoms with Gasteiger partial charge in [-0.1, -0.05) is 38.2 Å². The highest BCUT2D eigenvalue weighted by Crippen LogP contribution is 2.22. The van der Waals surface area contributed by atoms with Crippen LogP contribution in [0.1, 0.15) is 13.8 Å². The zero-order chi connectivity index (χ0) is 15.8. The Morgan fingerprint density at radius 3 is 2.71 bits per heavy atom. The number of carbonyl (C=O) groups is 1. The van der Waals surface area contributed by atoms with Crippen LogP contribution in [-0.4, -0.2) is 42.5 Å². The van der Waals surface area contributed by atoms with Crippen LogP contribution in [0.25, 0.3) is 0 Å². The van der Waals surface area contributed by atoms with Crippen molar-refractivity contribution in [3.63, 3.8) is 0 Å². The molecule has 0 aliphatic rings. The number of benzene rings is 1. The first kappa shape index (κ1) is 17.4. The number of carbonyl (C=O) groups excluding carboxylic acids is 1. The molecule has 0 saturated heterocycles. The number of rotatable bonds is 8. The highest BCUT2D eigenvalue weighted by molar-refractivity contribution is 7.80. The van der Waals surface area contributed by atoms with Gasteiger partial charge < -0.3 is 15.8 Å². The normalized spacial score (nSPS) is 12.0. The third-order valence-corrected chi connectivity index (χ3v) is 3.62. The van der Waals surface area contributed by atoms with E-state index in [-0.39, 0.29) is 11.8 Å². The fourth-order valence-corrected chi connectivity index (χ4v) is 2.00. The second kappa shape index (κ2) is 8.59. The van der Waals surface area contributed by atoms with E-state index >= 15 is 0 Å². The largest absolute Gasteiger partial charge is 0.495 e. The summed E-state index contributed by atoms with van der Waals surface area (Å²) in [7, 11) is 1.58. The second-order valence-corrected chi connectivity index (χ2v) is 5.35. The van der Waals surface area contributed by atoms with Gasteiger partial charge in [0, 0.05) is 12.5 Å². The lowest BCUT2D eigenvalue weighted by molar-refractivity contribution is -0.117. The average Bonchev–Trinajstić information content (AvgIpc) is 2.46. The number of ether oxygens (including phenoxy) is 1. The van der Waals surface area contributed by atoms with Crippen LogP contribution in [-0.2, 0) is 4.79 Å². The van der Waals surface area contributed by atoms with Gasteiger partial charge >= 0.3 is 0 Å². The number of nitrogens with zero attached hydrogens (tertiary/aromatic N) is 1. The molecular formula is C15H23N3O2S. The Kier molecular flexibility index (Phi) is 7.11. The van der Waals surface area contributed by atoms with E-state index in [1.165, 1.54) is 0 Å². The Bertz CT molecular complexity index is 494. The molecule has 0 spiro atoms. The summed E-state index contributed by atoms with van der Waals surface area (Å²) in [5.41, 5.74) is 6.29. The minimum absolute atomic E-state index is 0.0824. The first-order chi connectivity index (χ1) is 9.97. The van der Waals surface area contributed by atoms with Crippen molar-refractivity contribution in [1.82, 2.24) is 4.90 Å². The predicted octanol–water partition coefficient (Wildman–Crippen LogP) is 1.88. The Morgan fingerprint density at radius 1 is 1.48 bits per heavy atom. The fraction of sp³-hybridized carbons (Fsp3) is 0.467. The fourth-order valence-electron chi connectivity index (χ4n) is 1.92. The van der Waals surface area contributed by atoms with Gasteiger partial charge in [-0.25, -0.2) is 0 Å². The van der Waals surface area contributed by atoms with Gasteiger partial charge in [-0.3, -0.25) is 9.69 Å². The summed E-state index contributed by atoms with van der Waals surface area (Å²) in [6, 6.07) is 7.33. The number of hydrogen-bond acceptors (Lipinski definition) is 4. The number of methoxy groups -OCH3 is 1. The van der Waals surface area contributed by atoms with E-state index in [0.717, 1.165) is 6.54 Å². The summed E-state index contributed by atoms with van der Waals surface area (Å²) in [6.07, 6.45) is 0. The second-order valence-electron chi connectivity index (χ2n) is 4.88. The lowest BCUT2D eigenvalue weighted by atomic mass is 10.1. The van der Waals surface area contributed by atoms with Crippen molar-refractivity contribution in [1.29, 1.82) is 0 Å². The van der Waals surface area contributed by atoms with E-state index in [2.05, 4.69) is 5.32 Å². The molecule has 0 radical (unpaired) electrons. The summed E-state index contributed by atoms with van der Waals surface area (Å²) in [5, 5.41) is 2.86. The number of amides is 1. The van der Waals surface area contributed by atoms with Crippen LogP contribution in [0.4, 0.5) is 5.69 Å². The Labute approximate surface area is 131 Å². The van der Waals surface area contributed by atoms with E-state index in [1.807, 2.05) is 43.0 Å². The van der Waals surface area contributed by atoms with Gasteiger partial charge in [0.2, 0.25) is 5.91 Å². The molecule has 0 bridgehead atoms. The molecule has 21 heavy (non-hydrogen) atoms. The standard InChI is InChI=1S/C15H23N3O2S/c1-4-18(9-11(2)15(16)21)10-14(19)17-12-7-5-6-8-13(12)20-3/h5-8,11H,4,9-10H2,1-3H3,(H2,16,21)(H,17,19). The molecule has 5 nitrogen and oxygen atoms in total. The van der Waals surface area contributed by atoms with Crippen molar-refractivity contribution >= 4 is 28.8 Å². The van der Waals surface area contributed by atoms with Crippen LogP contribution in [0.5, 0.6) is 5.75 Å². The molecule has 3 N–H and O–H groups in total. The highest BCUT2D eigenvalue weighted by atomic mass is 32.1. The van der Waals surface area contributed by atoms with E-state index < -0.39 is 0 Å². The molecule has 0 heterocycles. The Hall–Kier alpha value is -1.66. The molecule has 1 rings (SSSR count). The van der Waals surface area contributed by atoms with Crippen LogP contribution in [0.3, 0.4) is 0 Å². The van der Waals surface area contributed by atoms with Gasteiger partial charge in [-0.15, -0.1) is 0 Å². The molecule has 1 aromatic rings. The third-order valence-electron chi connectivity index (χ3n) is 3.21. The molecule has 0 aliphatic carbocycles. The average molecular weight is 309 g/mol. The van der Waals surface area contributed by atoms with Gasteiger partial charge in [0.15, 0.2) is 0 Å². The van der Waals surface area contributed by atoms with Crippen molar-refractivity contribution < 1.29 is 9.53 Å². The van der Waals surface area contributed by atoms with Gasteiger partial charge in [0.05, 0.1) is 24.3 Å². The van der Waals surface area contributed by atoms with Crippen LogP contribution in [0.15, 0.2) is 24.3 Å². The van der Waals surface area contributed by atoms with E-state index in [1.54, 1.807) is 7.11 Å². The molecule has 116 valence electrons. The number of anilines is 1. The maximum atomic E-state index is 12.1. The third kappa shape index (κ3) is 5.69. The number of para-hydroxylation sites is 2.